The maximum absolute atomic E-state index is 12.7. The molecule has 0 bridgehead atoms. The van der Waals surface area contributed by atoms with Crippen molar-refractivity contribution < 1.29 is 9.53 Å². The molecular weight excluding hydrogens is 361 g/mol. The summed E-state index contributed by atoms with van der Waals surface area (Å²) in [6.45, 7) is 1.93. The minimum atomic E-state index is -0.308. The Labute approximate surface area is 156 Å². The molecule has 2 aromatic carbocycles. The molecule has 0 saturated carbocycles. The Hall–Kier alpha value is -2.11. The van der Waals surface area contributed by atoms with Gasteiger partial charge in [-0.15, -0.1) is 0 Å². The van der Waals surface area contributed by atoms with Crippen LogP contribution in [0.3, 0.4) is 0 Å². The Kier molecular flexibility index (Phi) is 5.25. The highest BCUT2D eigenvalue weighted by Gasteiger charge is 2.19. The van der Waals surface area contributed by atoms with Crippen LogP contribution in [0.4, 0.5) is 17.1 Å². The fourth-order valence-corrected chi connectivity index (χ4v) is 3.61. The van der Waals surface area contributed by atoms with Crippen LogP contribution in [0.25, 0.3) is 0 Å². The minimum Gasteiger partial charge on any atom is -0.494 e. The molecule has 132 valence electrons. The molecule has 1 fully saturated rings. The predicted molar refractivity (Wildman–Crippen MR) is 103 cm³/mol. The molecule has 0 aromatic heterocycles. The number of amides is 1. The van der Waals surface area contributed by atoms with Gasteiger partial charge in [0.1, 0.15) is 0 Å². The number of anilines is 3. The number of carbonyl (C=O) groups excluding carboxylic acids is 1. The van der Waals surface area contributed by atoms with Crippen LogP contribution in [0.5, 0.6) is 5.75 Å². The number of ether oxygens (including phenoxy) is 1. The topological polar surface area (TPSA) is 67.6 Å². The van der Waals surface area contributed by atoms with Gasteiger partial charge in [0.05, 0.1) is 28.5 Å². The molecule has 0 spiro atoms. The number of nitrogens with zero attached hydrogens (tertiary/aromatic N) is 1. The summed E-state index contributed by atoms with van der Waals surface area (Å²) in [5.74, 6) is 0.0408. The lowest BCUT2D eigenvalue weighted by atomic mass is 10.1. The summed E-state index contributed by atoms with van der Waals surface area (Å²) in [5, 5.41) is 3.49. The van der Waals surface area contributed by atoms with Crippen LogP contribution in [-0.4, -0.2) is 26.1 Å². The molecule has 2 aromatic rings. The number of nitrogens with two attached hydrogens (primary N) is 1. The fourth-order valence-electron chi connectivity index (χ4n) is 2.97. The summed E-state index contributed by atoms with van der Waals surface area (Å²) < 4.78 is 5.11. The van der Waals surface area contributed by atoms with Gasteiger partial charge in [-0.2, -0.15) is 0 Å². The molecule has 3 N–H and O–H groups in total. The van der Waals surface area contributed by atoms with Crippen LogP contribution in [0.15, 0.2) is 30.3 Å². The number of nitrogen functional groups attached to an aromatic ring is 1. The average molecular weight is 380 g/mol. The van der Waals surface area contributed by atoms with Crippen molar-refractivity contribution in [3.05, 3.63) is 45.9 Å². The highest BCUT2D eigenvalue weighted by molar-refractivity contribution is 6.37. The number of carbonyl (C=O) groups is 1. The third-order valence-corrected chi connectivity index (χ3v) is 4.74. The summed E-state index contributed by atoms with van der Waals surface area (Å²) in [6, 6.07) is 8.60. The Balaban J connectivity index is 1.89. The smallest absolute Gasteiger partial charge is 0.255 e. The van der Waals surface area contributed by atoms with E-state index in [2.05, 4.69) is 10.2 Å². The second kappa shape index (κ2) is 7.42. The zero-order valence-corrected chi connectivity index (χ0v) is 15.3. The Bertz CT molecular complexity index is 782. The zero-order valence-electron chi connectivity index (χ0n) is 13.8. The lowest BCUT2D eigenvalue weighted by Gasteiger charge is -2.22. The third kappa shape index (κ3) is 3.78. The quantitative estimate of drug-likeness (QED) is 0.770. The molecule has 0 radical (unpaired) electrons. The molecule has 5 nitrogen and oxygen atoms in total. The molecule has 7 heteroatoms. The van der Waals surface area contributed by atoms with Gasteiger partial charge >= 0.3 is 0 Å². The summed E-state index contributed by atoms with van der Waals surface area (Å²) in [4.78, 5) is 14.9. The van der Waals surface area contributed by atoms with Crippen LogP contribution >= 0.6 is 23.2 Å². The van der Waals surface area contributed by atoms with Gasteiger partial charge in [0.15, 0.2) is 5.75 Å². The first-order chi connectivity index (χ1) is 12.0. The van der Waals surface area contributed by atoms with Crippen LogP contribution in [0.2, 0.25) is 10.0 Å². The average Bonchev–Trinajstić information content (AvgIpc) is 3.09. The second-order valence-electron chi connectivity index (χ2n) is 5.90. The summed E-state index contributed by atoms with van der Waals surface area (Å²) in [6.07, 6.45) is 2.28. The van der Waals surface area contributed by atoms with Gasteiger partial charge in [-0.25, -0.2) is 0 Å². The molecule has 0 unspecified atom stereocenters. The first kappa shape index (κ1) is 17.7. The first-order valence-corrected chi connectivity index (χ1v) is 8.74. The number of hydrogen-bond donors (Lipinski definition) is 2. The summed E-state index contributed by atoms with van der Waals surface area (Å²) in [7, 11) is 1.47. The molecule has 1 saturated heterocycles. The monoisotopic (exact) mass is 379 g/mol. The van der Waals surface area contributed by atoms with Crippen molar-refractivity contribution in [2.45, 2.75) is 12.8 Å². The lowest BCUT2D eigenvalue weighted by Crippen LogP contribution is -2.21. The van der Waals surface area contributed by atoms with Gasteiger partial charge in [-0.3, -0.25) is 4.79 Å². The SMILES string of the molecule is COc1c(Cl)cc(C(=O)Nc2cc(N)ccc2N2CCCC2)cc1Cl. The third-order valence-electron chi connectivity index (χ3n) is 4.18. The molecule has 25 heavy (non-hydrogen) atoms. The number of hydrogen-bond acceptors (Lipinski definition) is 4. The molecular formula is C18H19Cl2N3O2. The molecule has 1 heterocycles. The van der Waals surface area contributed by atoms with Crippen molar-refractivity contribution in [3.63, 3.8) is 0 Å². The van der Waals surface area contributed by atoms with E-state index in [1.165, 1.54) is 19.2 Å². The molecule has 0 aliphatic carbocycles. The van der Waals surface area contributed by atoms with E-state index in [0.717, 1.165) is 31.6 Å². The lowest BCUT2D eigenvalue weighted by molar-refractivity contribution is 0.102. The van der Waals surface area contributed by atoms with E-state index in [-0.39, 0.29) is 16.0 Å². The maximum atomic E-state index is 12.7. The fraction of sp³-hybridized carbons (Fsp3) is 0.278. The zero-order chi connectivity index (χ0) is 18.0. The number of halogens is 2. The Morgan fingerprint density at radius 1 is 1.16 bits per heavy atom. The minimum absolute atomic E-state index is 0.285. The van der Waals surface area contributed by atoms with Gasteiger partial charge < -0.3 is 20.7 Å². The van der Waals surface area contributed by atoms with Crippen LogP contribution in [0, 0.1) is 0 Å². The second-order valence-corrected chi connectivity index (χ2v) is 6.71. The van der Waals surface area contributed by atoms with Crippen LogP contribution < -0.4 is 20.7 Å². The van der Waals surface area contributed by atoms with Gasteiger partial charge in [-0.05, 0) is 43.2 Å². The van der Waals surface area contributed by atoms with Gasteiger partial charge in [0, 0.05) is 24.3 Å². The van der Waals surface area contributed by atoms with Crippen molar-refractivity contribution in [3.8, 4) is 5.75 Å². The molecule has 1 aliphatic heterocycles. The standard InChI is InChI=1S/C18H19Cl2N3O2/c1-25-17-13(19)8-11(9-14(17)20)18(24)22-15-10-12(21)4-5-16(15)23-6-2-3-7-23/h4-5,8-10H,2-3,6-7,21H2,1H3,(H,22,24). The van der Waals surface area contributed by atoms with E-state index in [1.807, 2.05) is 12.1 Å². The summed E-state index contributed by atoms with van der Waals surface area (Å²) in [5.41, 5.74) is 8.48. The van der Waals surface area contributed by atoms with Gasteiger partial charge in [0.2, 0.25) is 0 Å². The van der Waals surface area contributed by atoms with E-state index in [4.69, 9.17) is 33.7 Å². The largest absolute Gasteiger partial charge is 0.494 e. The molecule has 1 amide bonds. The predicted octanol–water partition coefficient (Wildman–Crippen LogP) is 4.44. The van der Waals surface area contributed by atoms with Gasteiger partial charge in [-0.1, -0.05) is 23.2 Å². The number of methoxy groups -OCH3 is 1. The maximum Gasteiger partial charge on any atom is 0.255 e. The Morgan fingerprint density at radius 2 is 1.80 bits per heavy atom. The van der Waals surface area contributed by atoms with Crippen molar-refractivity contribution in [1.82, 2.24) is 0 Å². The van der Waals surface area contributed by atoms with Crippen LogP contribution in [-0.2, 0) is 0 Å². The van der Waals surface area contributed by atoms with E-state index in [9.17, 15) is 4.79 Å². The first-order valence-electron chi connectivity index (χ1n) is 7.98. The van der Waals surface area contributed by atoms with Gasteiger partial charge in [0.25, 0.3) is 5.91 Å². The van der Waals surface area contributed by atoms with E-state index in [1.54, 1.807) is 6.07 Å². The van der Waals surface area contributed by atoms with Crippen molar-refractivity contribution in [2.75, 3.05) is 36.1 Å². The van der Waals surface area contributed by atoms with E-state index < -0.39 is 0 Å². The highest BCUT2D eigenvalue weighted by atomic mass is 35.5. The molecule has 3 rings (SSSR count). The molecule has 1 aliphatic rings. The van der Waals surface area contributed by atoms with Crippen LogP contribution in [0.1, 0.15) is 23.2 Å². The Morgan fingerprint density at radius 3 is 2.40 bits per heavy atom. The van der Waals surface area contributed by atoms with E-state index in [0.29, 0.717) is 22.7 Å². The van der Waals surface area contributed by atoms with Crippen molar-refractivity contribution in [1.29, 1.82) is 0 Å². The van der Waals surface area contributed by atoms with E-state index >= 15 is 0 Å². The van der Waals surface area contributed by atoms with Crippen molar-refractivity contribution >= 4 is 46.2 Å². The molecule has 0 atom stereocenters. The normalized spacial score (nSPS) is 13.8. The van der Waals surface area contributed by atoms with Crippen molar-refractivity contribution in [2.24, 2.45) is 0 Å². The number of nitrogens with one attached hydrogen (secondary N) is 1. The highest BCUT2D eigenvalue weighted by Crippen LogP contribution is 2.35. The number of rotatable bonds is 4. The number of benzene rings is 2. The summed E-state index contributed by atoms with van der Waals surface area (Å²) >= 11 is 12.2.